The van der Waals surface area contributed by atoms with Gasteiger partial charge in [0.1, 0.15) is 17.5 Å². The fraction of sp³-hybridized carbons (Fsp3) is 0.286. The van der Waals surface area contributed by atoms with Gasteiger partial charge >= 0.3 is 0 Å². The zero-order chi connectivity index (χ0) is 13.0. The van der Waals surface area contributed by atoms with Crippen LogP contribution in [0.4, 0.5) is 10.2 Å². The van der Waals surface area contributed by atoms with Crippen LogP contribution in [0.15, 0.2) is 30.3 Å². The Morgan fingerprint density at radius 2 is 1.83 bits per heavy atom. The predicted molar refractivity (Wildman–Crippen MR) is 71.0 cm³/mol. The molecule has 0 aliphatic carbocycles. The summed E-state index contributed by atoms with van der Waals surface area (Å²) >= 11 is 0. The van der Waals surface area contributed by atoms with Gasteiger partial charge in [-0.05, 0) is 31.2 Å². The number of aromatic nitrogens is 2. The fourth-order valence-electron chi connectivity index (χ4n) is 1.70. The van der Waals surface area contributed by atoms with Gasteiger partial charge in [-0.15, -0.1) is 0 Å². The van der Waals surface area contributed by atoms with Crippen molar-refractivity contribution in [2.45, 2.75) is 20.3 Å². The van der Waals surface area contributed by atoms with E-state index in [1.165, 1.54) is 12.1 Å². The second-order valence-electron chi connectivity index (χ2n) is 3.95. The van der Waals surface area contributed by atoms with Crippen molar-refractivity contribution in [1.29, 1.82) is 0 Å². The summed E-state index contributed by atoms with van der Waals surface area (Å²) in [5, 5.41) is 3.18. The summed E-state index contributed by atoms with van der Waals surface area (Å²) in [4.78, 5) is 8.85. The van der Waals surface area contributed by atoms with Gasteiger partial charge in [-0.25, -0.2) is 14.4 Å². The topological polar surface area (TPSA) is 37.8 Å². The molecule has 0 unspecified atom stereocenters. The smallest absolute Gasteiger partial charge is 0.131 e. The van der Waals surface area contributed by atoms with E-state index < -0.39 is 0 Å². The summed E-state index contributed by atoms with van der Waals surface area (Å²) in [6, 6.07) is 8.22. The molecule has 1 N–H and O–H groups in total. The average molecular weight is 245 g/mol. The van der Waals surface area contributed by atoms with E-state index in [4.69, 9.17) is 0 Å². The minimum atomic E-state index is -0.240. The van der Waals surface area contributed by atoms with Crippen molar-refractivity contribution in [3.05, 3.63) is 42.0 Å². The zero-order valence-corrected chi connectivity index (χ0v) is 10.6. The van der Waals surface area contributed by atoms with Gasteiger partial charge in [0.2, 0.25) is 0 Å². The first-order chi connectivity index (χ1) is 8.72. The van der Waals surface area contributed by atoms with Crippen LogP contribution in [0, 0.1) is 5.82 Å². The zero-order valence-electron chi connectivity index (χ0n) is 10.6. The summed E-state index contributed by atoms with van der Waals surface area (Å²) in [7, 11) is 0. The minimum absolute atomic E-state index is 0.240. The number of anilines is 1. The van der Waals surface area contributed by atoms with Crippen LogP contribution < -0.4 is 5.32 Å². The lowest BCUT2D eigenvalue weighted by atomic mass is 10.1. The number of rotatable bonds is 4. The van der Waals surface area contributed by atoms with Gasteiger partial charge in [0.05, 0.1) is 5.69 Å². The molecule has 1 aromatic carbocycles. The molecular weight excluding hydrogens is 229 g/mol. The summed E-state index contributed by atoms with van der Waals surface area (Å²) in [5.74, 6) is 1.35. The Bertz CT molecular complexity index is 523. The maximum absolute atomic E-state index is 12.9. The molecule has 2 aromatic rings. The van der Waals surface area contributed by atoms with Crippen LogP contribution in [0.2, 0.25) is 0 Å². The van der Waals surface area contributed by atoms with Crippen LogP contribution >= 0.6 is 0 Å². The van der Waals surface area contributed by atoms with Gasteiger partial charge in [-0.3, -0.25) is 0 Å². The van der Waals surface area contributed by atoms with Gasteiger partial charge < -0.3 is 5.32 Å². The second kappa shape index (κ2) is 5.58. The number of nitrogens with zero attached hydrogens (tertiary/aromatic N) is 2. The highest BCUT2D eigenvalue weighted by atomic mass is 19.1. The van der Waals surface area contributed by atoms with E-state index >= 15 is 0 Å². The Balaban J connectivity index is 2.42. The lowest BCUT2D eigenvalue weighted by Crippen LogP contribution is -2.04. The summed E-state index contributed by atoms with van der Waals surface area (Å²) < 4.78 is 12.9. The number of aryl methyl sites for hydroxylation is 1. The van der Waals surface area contributed by atoms with Crippen LogP contribution in [-0.2, 0) is 6.42 Å². The molecule has 0 aliphatic heterocycles. The molecule has 0 bridgehead atoms. The Hall–Kier alpha value is -1.97. The summed E-state index contributed by atoms with van der Waals surface area (Å²) in [5.41, 5.74) is 1.71. The highest BCUT2D eigenvalue weighted by Gasteiger charge is 2.05. The molecule has 0 atom stereocenters. The Kier molecular flexibility index (Phi) is 3.87. The maximum atomic E-state index is 12.9. The van der Waals surface area contributed by atoms with Crippen LogP contribution in [0.5, 0.6) is 0 Å². The monoisotopic (exact) mass is 245 g/mol. The van der Waals surface area contributed by atoms with E-state index in [-0.39, 0.29) is 5.82 Å². The fourth-order valence-corrected chi connectivity index (χ4v) is 1.70. The van der Waals surface area contributed by atoms with Crippen LogP contribution in [0.3, 0.4) is 0 Å². The number of hydrogen-bond donors (Lipinski definition) is 1. The molecule has 18 heavy (non-hydrogen) atoms. The lowest BCUT2D eigenvalue weighted by molar-refractivity contribution is 0.628. The van der Waals surface area contributed by atoms with Crippen LogP contribution in [-0.4, -0.2) is 16.5 Å². The SMILES string of the molecule is CCNc1cc(-c2ccc(F)cc2)nc(CC)n1. The molecule has 0 radical (unpaired) electrons. The largest absolute Gasteiger partial charge is 0.370 e. The van der Waals surface area contributed by atoms with Crippen molar-refractivity contribution < 1.29 is 4.39 Å². The first-order valence-corrected chi connectivity index (χ1v) is 6.10. The van der Waals surface area contributed by atoms with E-state index in [2.05, 4.69) is 15.3 Å². The van der Waals surface area contributed by atoms with Gasteiger partial charge in [-0.1, -0.05) is 6.92 Å². The Morgan fingerprint density at radius 1 is 1.11 bits per heavy atom. The van der Waals surface area contributed by atoms with Crippen molar-refractivity contribution in [2.75, 3.05) is 11.9 Å². The second-order valence-corrected chi connectivity index (χ2v) is 3.95. The Labute approximate surface area is 106 Å². The molecule has 2 rings (SSSR count). The first kappa shape index (κ1) is 12.5. The molecule has 0 spiro atoms. The highest BCUT2D eigenvalue weighted by molar-refractivity contribution is 5.62. The van der Waals surface area contributed by atoms with Gasteiger partial charge in [0.15, 0.2) is 0 Å². The first-order valence-electron chi connectivity index (χ1n) is 6.10. The van der Waals surface area contributed by atoms with Crippen molar-refractivity contribution >= 4 is 5.82 Å². The molecule has 3 nitrogen and oxygen atoms in total. The van der Waals surface area contributed by atoms with Crippen molar-refractivity contribution in [3.63, 3.8) is 0 Å². The molecule has 0 fully saturated rings. The predicted octanol–water partition coefficient (Wildman–Crippen LogP) is 3.28. The molecule has 0 amide bonds. The van der Waals surface area contributed by atoms with Crippen molar-refractivity contribution in [2.24, 2.45) is 0 Å². The molecular formula is C14H16FN3. The summed E-state index contributed by atoms with van der Waals surface area (Å²) in [6.45, 7) is 4.84. The third-order valence-electron chi connectivity index (χ3n) is 2.59. The molecule has 1 heterocycles. The van der Waals surface area contributed by atoms with E-state index in [1.807, 2.05) is 19.9 Å². The average Bonchev–Trinajstić information content (AvgIpc) is 2.39. The molecule has 94 valence electrons. The minimum Gasteiger partial charge on any atom is -0.370 e. The van der Waals surface area contributed by atoms with E-state index in [0.717, 1.165) is 35.9 Å². The molecule has 0 aliphatic rings. The van der Waals surface area contributed by atoms with Gasteiger partial charge in [-0.2, -0.15) is 0 Å². The standard InChI is InChI=1S/C14H16FN3/c1-3-13-17-12(9-14(18-13)16-4-2)10-5-7-11(15)8-6-10/h5-9H,3-4H2,1-2H3,(H,16,17,18). The third-order valence-corrected chi connectivity index (χ3v) is 2.59. The van der Waals surface area contributed by atoms with E-state index in [1.54, 1.807) is 12.1 Å². The normalized spacial score (nSPS) is 10.4. The summed E-state index contributed by atoms with van der Waals surface area (Å²) in [6.07, 6.45) is 0.771. The van der Waals surface area contributed by atoms with Crippen molar-refractivity contribution in [1.82, 2.24) is 9.97 Å². The molecule has 4 heteroatoms. The van der Waals surface area contributed by atoms with Crippen molar-refractivity contribution in [3.8, 4) is 11.3 Å². The van der Waals surface area contributed by atoms with Crippen LogP contribution in [0.25, 0.3) is 11.3 Å². The number of benzene rings is 1. The lowest BCUT2D eigenvalue weighted by Gasteiger charge is -2.08. The number of hydrogen-bond acceptors (Lipinski definition) is 3. The maximum Gasteiger partial charge on any atom is 0.131 e. The quantitative estimate of drug-likeness (QED) is 0.898. The molecule has 0 saturated heterocycles. The molecule has 1 aromatic heterocycles. The number of nitrogens with one attached hydrogen (secondary N) is 1. The van der Waals surface area contributed by atoms with E-state index in [9.17, 15) is 4.39 Å². The van der Waals surface area contributed by atoms with E-state index in [0.29, 0.717) is 0 Å². The van der Waals surface area contributed by atoms with Gasteiger partial charge in [0, 0.05) is 24.6 Å². The highest BCUT2D eigenvalue weighted by Crippen LogP contribution is 2.20. The third kappa shape index (κ3) is 2.83. The van der Waals surface area contributed by atoms with Crippen LogP contribution in [0.1, 0.15) is 19.7 Å². The molecule has 0 saturated carbocycles. The number of halogens is 1. The van der Waals surface area contributed by atoms with Gasteiger partial charge in [0.25, 0.3) is 0 Å². The Morgan fingerprint density at radius 3 is 2.44 bits per heavy atom.